The summed E-state index contributed by atoms with van der Waals surface area (Å²) in [5, 5.41) is 13.9. The minimum atomic E-state index is -0.613. The van der Waals surface area contributed by atoms with Gasteiger partial charge in [-0.25, -0.2) is 0 Å². The van der Waals surface area contributed by atoms with Crippen LogP contribution in [0.3, 0.4) is 0 Å². The maximum atomic E-state index is 10.1. The number of aliphatic hydroxyl groups is 1. The van der Waals surface area contributed by atoms with Gasteiger partial charge in [0, 0.05) is 29.9 Å². The molecular weight excluding hydrogens is 260 g/mol. The van der Waals surface area contributed by atoms with Crippen molar-refractivity contribution in [1.82, 2.24) is 10.3 Å². The molecule has 2 N–H and O–H groups in total. The Morgan fingerprint density at radius 3 is 2.79 bits per heavy atom. The summed E-state index contributed by atoms with van der Waals surface area (Å²) < 4.78 is 0. The first-order chi connectivity index (χ1) is 9.18. The average molecular weight is 277 g/mol. The van der Waals surface area contributed by atoms with Gasteiger partial charge in [-0.15, -0.1) is 0 Å². The second kappa shape index (κ2) is 6.66. The molecule has 4 heteroatoms. The van der Waals surface area contributed by atoms with Crippen LogP contribution in [0, 0.1) is 6.92 Å². The Morgan fingerprint density at radius 2 is 2.05 bits per heavy atom. The van der Waals surface area contributed by atoms with Gasteiger partial charge in [-0.1, -0.05) is 35.9 Å². The monoisotopic (exact) mass is 276 g/mol. The fraction of sp³-hybridized carbons (Fsp3) is 0.267. The number of nitrogens with one attached hydrogen (secondary N) is 1. The number of hydrogen-bond donors (Lipinski definition) is 2. The third-order valence-corrected chi connectivity index (χ3v) is 3.36. The van der Waals surface area contributed by atoms with E-state index in [0.29, 0.717) is 18.1 Å². The maximum Gasteiger partial charge on any atom is 0.0928 e. The zero-order valence-corrected chi connectivity index (χ0v) is 11.6. The third kappa shape index (κ3) is 3.77. The molecule has 1 atom stereocenters. The molecule has 0 amide bonds. The number of hydrogen-bond acceptors (Lipinski definition) is 3. The Kier molecular flexibility index (Phi) is 4.91. The summed E-state index contributed by atoms with van der Waals surface area (Å²) in [5.74, 6) is 0. The van der Waals surface area contributed by atoms with Gasteiger partial charge in [-0.3, -0.25) is 4.98 Å². The smallest absolute Gasteiger partial charge is 0.0928 e. The molecule has 0 saturated carbocycles. The van der Waals surface area contributed by atoms with Crippen molar-refractivity contribution in [2.75, 3.05) is 6.54 Å². The lowest BCUT2D eigenvalue weighted by atomic mass is 10.1. The largest absolute Gasteiger partial charge is 0.387 e. The first-order valence-corrected chi connectivity index (χ1v) is 6.60. The van der Waals surface area contributed by atoms with Gasteiger partial charge in [-0.05, 0) is 24.6 Å². The Bertz CT molecular complexity index is 545. The van der Waals surface area contributed by atoms with Gasteiger partial charge in [0.05, 0.1) is 11.8 Å². The number of nitrogens with zero attached hydrogens (tertiary/aromatic N) is 1. The fourth-order valence-corrected chi connectivity index (χ4v) is 2.15. The van der Waals surface area contributed by atoms with Crippen LogP contribution in [0.4, 0.5) is 0 Å². The van der Waals surface area contributed by atoms with Crippen molar-refractivity contribution in [3.63, 3.8) is 0 Å². The van der Waals surface area contributed by atoms with E-state index in [0.717, 1.165) is 16.8 Å². The van der Waals surface area contributed by atoms with E-state index in [1.54, 1.807) is 12.3 Å². The van der Waals surface area contributed by atoms with Crippen molar-refractivity contribution in [3.05, 3.63) is 64.4 Å². The number of benzene rings is 1. The van der Waals surface area contributed by atoms with Crippen molar-refractivity contribution in [2.24, 2.45) is 0 Å². The molecule has 1 aromatic heterocycles. The summed E-state index contributed by atoms with van der Waals surface area (Å²) in [6, 6.07) is 11.3. The van der Waals surface area contributed by atoms with Gasteiger partial charge < -0.3 is 10.4 Å². The van der Waals surface area contributed by atoms with E-state index >= 15 is 0 Å². The van der Waals surface area contributed by atoms with Crippen LogP contribution >= 0.6 is 11.6 Å². The molecule has 2 aromatic rings. The van der Waals surface area contributed by atoms with Crippen molar-refractivity contribution < 1.29 is 5.11 Å². The molecule has 1 unspecified atom stereocenters. The second-order valence-corrected chi connectivity index (χ2v) is 4.84. The normalized spacial score (nSPS) is 12.4. The van der Waals surface area contributed by atoms with E-state index in [4.69, 9.17) is 11.6 Å². The summed E-state index contributed by atoms with van der Waals surface area (Å²) in [6.07, 6.45) is 1.16. The summed E-state index contributed by atoms with van der Waals surface area (Å²) in [7, 11) is 0. The molecule has 3 nitrogen and oxygen atoms in total. The molecule has 0 spiro atoms. The van der Waals surface area contributed by atoms with E-state index < -0.39 is 6.10 Å². The first kappa shape index (κ1) is 14.0. The molecule has 100 valence electrons. The highest BCUT2D eigenvalue weighted by molar-refractivity contribution is 6.31. The minimum absolute atomic E-state index is 0.444. The molecule has 1 aromatic carbocycles. The van der Waals surface area contributed by atoms with Crippen LogP contribution in [0.1, 0.15) is 22.9 Å². The molecule has 0 aliphatic heterocycles. The van der Waals surface area contributed by atoms with E-state index in [1.807, 2.05) is 37.3 Å². The van der Waals surface area contributed by atoms with Crippen molar-refractivity contribution >= 4 is 11.6 Å². The van der Waals surface area contributed by atoms with Gasteiger partial charge in [0.1, 0.15) is 0 Å². The van der Waals surface area contributed by atoms with E-state index in [9.17, 15) is 5.11 Å². The van der Waals surface area contributed by atoms with Crippen LogP contribution in [-0.2, 0) is 6.54 Å². The molecule has 0 aliphatic carbocycles. The summed E-state index contributed by atoms with van der Waals surface area (Å²) in [4.78, 5) is 4.30. The lowest BCUT2D eigenvalue weighted by molar-refractivity contribution is 0.174. The highest BCUT2D eigenvalue weighted by Gasteiger charge is 2.10. The van der Waals surface area contributed by atoms with Gasteiger partial charge in [0.15, 0.2) is 0 Å². The van der Waals surface area contributed by atoms with Crippen LogP contribution in [0.5, 0.6) is 0 Å². The van der Waals surface area contributed by atoms with E-state index in [1.165, 1.54) is 0 Å². The molecule has 2 rings (SSSR count). The molecule has 0 saturated heterocycles. The Hall–Kier alpha value is -1.42. The van der Waals surface area contributed by atoms with Gasteiger partial charge >= 0.3 is 0 Å². The Morgan fingerprint density at radius 1 is 1.26 bits per heavy atom. The summed E-state index contributed by atoms with van der Waals surface area (Å²) in [6.45, 7) is 3.10. The van der Waals surface area contributed by atoms with Crippen LogP contribution < -0.4 is 5.32 Å². The van der Waals surface area contributed by atoms with Crippen LogP contribution in [0.2, 0.25) is 5.02 Å². The lowest BCUT2D eigenvalue weighted by Gasteiger charge is -2.14. The summed E-state index contributed by atoms with van der Waals surface area (Å²) >= 11 is 6.04. The zero-order chi connectivity index (χ0) is 13.7. The molecule has 19 heavy (non-hydrogen) atoms. The van der Waals surface area contributed by atoms with Crippen molar-refractivity contribution in [3.8, 4) is 0 Å². The maximum absolute atomic E-state index is 10.1. The fourth-order valence-electron chi connectivity index (χ4n) is 1.89. The topological polar surface area (TPSA) is 45.2 Å². The number of halogens is 1. The van der Waals surface area contributed by atoms with E-state index in [2.05, 4.69) is 10.3 Å². The zero-order valence-electron chi connectivity index (χ0n) is 10.8. The molecule has 0 bridgehead atoms. The third-order valence-electron chi connectivity index (χ3n) is 3.01. The molecule has 0 fully saturated rings. The number of rotatable bonds is 5. The predicted molar refractivity (Wildman–Crippen MR) is 77.1 cm³/mol. The van der Waals surface area contributed by atoms with Crippen molar-refractivity contribution in [2.45, 2.75) is 19.6 Å². The molecule has 0 radical (unpaired) electrons. The van der Waals surface area contributed by atoms with Crippen LogP contribution in [0.15, 0.2) is 42.6 Å². The Balaban J connectivity index is 1.90. The molecular formula is C15H17ClN2O. The van der Waals surface area contributed by atoms with Gasteiger partial charge in [-0.2, -0.15) is 0 Å². The number of aryl methyl sites for hydroxylation is 1. The van der Waals surface area contributed by atoms with Crippen LogP contribution in [-0.4, -0.2) is 16.6 Å². The lowest BCUT2D eigenvalue weighted by Crippen LogP contribution is -2.22. The van der Waals surface area contributed by atoms with Gasteiger partial charge in [0.2, 0.25) is 0 Å². The summed E-state index contributed by atoms with van der Waals surface area (Å²) in [5.41, 5.74) is 2.88. The first-order valence-electron chi connectivity index (χ1n) is 6.22. The minimum Gasteiger partial charge on any atom is -0.387 e. The quantitative estimate of drug-likeness (QED) is 0.883. The van der Waals surface area contributed by atoms with Crippen molar-refractivity contribution in [1.29, 1.82) is 0 Å². The second-order valence-electron chi connectivity index (χ2n) is 4.44. The number of aromatic nitrogens is 1. The highest BCUT2D eigenvalue weighted by atomic mass is 35.5. The molecule has 1 heterocycles. The Labute approximate surface area is 118 Å². The predicted octanol–water partition coefficient (Wildman–Crippen LogP) is 2.87. The van der Waals surface area contributed by atoms with E-state index in [-0.39, 0.29) is 0 Å². The standard InChI is InChI=1S/C15H17ClN2O/c1-11-5-4-8-18-14(11)9-17-10-15(19)12-6-2-3-7-13(12)16/h2-8,15,17,19H,9-10H2,1H3. The van der Waals surface area contributed by atoms with Crippen LogP contribution in [0.25, 0.3) is 0 Å². The van der Waals surface area contributed by atoms with Gasteiger partial charge in [0.25, 0.3) is 0 Å². The SMILES string of the molecule is Cc1cccnc1CNCC(O)c1ccccc1Cl. The highest BCUT2D eigenvalue weighted by Crippen LogP contribution is 2.21. The number of aliphatic hydroxyl groups excluding tert-OH is 1. The average Bonchev–Trinajstić information content (AvgIpc) is 2.41. The molecule has 0 aliphatic rings. The number of pyridine rings is 1.